The highest BCUT2D eigenvalue weighted by molar-refractivity contribution is 5.94. The topological polar surface area (TPSA) is 52.7 Å². The maximum atomic E-state index is 13.0. The minimum Gasteiger partial charge on any atom is -0.338 e. The number of amides is 2. The Morgan fingerprint density at radius 1 is 1.22 bits per heavy atom. The fraction of sp³-hybridized carbons (Fsp3) is 0.636. The first-order chi connectivity index (χ1) is 13.0. The van der Waals surface area contributed by atoms with Crippen molar-refractivity contribution in [3.8, 4) is 0 Å². The summed E-state index contributed by atoms with van der Waals surface area (Å²) < 4.78 is 0. The van der Waals surface area contributed by atoms with Crippen molar-refractivity contribution in [2.24, 2.45) is 11.8 Å². The number of likely N-dealkylation sites (N-methyl/N-ethyl adjacent to an activating group) is 1. The first kappa shape index (κ1) is 19.9. The van der Waals surface area contributed by atoms with Crippen LogP contribution >= 0.6 is 0 Å². The van der Waals surface area contributed by atoms with E-state index in [-0.39, 0.29) is 17.9 Å². The first-order valence-electron chi connectivity index (χ1n) is 10.3. The van der Waals surface area contributed by atoms with Gasteiger partial charge in [-0.05, 0) is 55.8 Å². The van der Waals surface area contributed by atoms with Crippen LogP contribution in [0.4, 0.5) is 0 Å². The molecule has 2 fully saturated rings. The van der Waals surface area contributed by atoms with E-state index < -0.39 is 0 Å². The smallest absolute Gasteiger partial charge is 0.253 e. The van der Waals surface area contributed by atoms with Crippen molar-refractivity contribution in [1.82, 2.24) is 15.1 Å². The average Bonchev–Trinajstić information content (AvgIpc) is 2.66. The maximum absolute atomic E-state index is 13.0. The Hall–Kier alpha value is -1.88. The molecule has 0 aliphatic carbocycles. The largest absolute Gasteiger partial charge is 0.338 e. The molecule has 2 aliphatic rings. The van der Waals surface area contributed by atoms with Crippen molar-refractivity contribution >= 4 is 11.8 Å². The highest BCUT2D eigenvalue weighted by Gasteiger charge is 2.40. The number of benzene rings is 1. The summed E-state index contributed by atoms with van der Waals surface area (Å²) in [4.78, 5) is 29.3. The highest BCUT2D eigenvalue weighted by atomic mass is 16.2. The second-order valence-corrected chi connectivity index (χ2v) is 8.39. The van der Waals surface area contributed by atoms with Gasteiger partial charge < -0.3 is 15.1 Å². The van der Waals surface area contributed by atoms with Gasteiger partial charge in [0.25, 0.3) is 5.91 Å². The number of rotatable bonds is 6. The molecule has 2 atom stereocenters. The lowest BCUT2D eigenvalue weighted by Crippen LogP contribution is -2.57. The van der Waals surface area contributed by atoms with Crippen molar-refractivity contribution in [1.29, 1.82) is 0 Å². The molecule has 27 heavy (non-hydrogen) atoms. The minimum absolute atomic E-state index is 0.128. The van der Waals surface area contributed by atoms with Crippen LogP contribution in [-0.2, 0) is 11.2 Å². The molecule has 1 aromatic rings. The standard InChI is InChI=1S/C22H33N3O2/c1-16(2)14-17-4-6-18(7-5-17)22(27)24-12-10-20-19(15-24)8-9-21(26)25(20)13-11-23-3/h4-7,16,19-20,23H,8-15H2,1-3H3/t19-,20+/m0/s1. The van der Waals surface area contributed by atoms with E-state index in [1.165, 1.54) is 5.56 Å². The molecule has 0 aromatic heterocycles. The second kappa shape index (κ2) is 8.87. The lowest BCUT2D eigenvalue weighted by atomic mass is 9.83. The molecule has 0 radical (unpaired) electrons. The Kier molecular flexibility index (Phi) is 6.53. The van der Waals surface area contributed by atoms with Crippen LogP contribution in [0.5, 0.6) is 0 Å². The van der Waals surface area contributed by atoms with Crippen LogP contribution in [-0.4, -0.2) is 60.9 Å². The zero-order chi connectivity index (χ0) is 19.4. The number of hydrogen-bond donors (Lipinski definition) is 1. The number of carbonyl (C=O) groups is 2. The van der Waals surface area contributed by atoms with Gasteiger partial charge in [-0.25, -0.2) is 0 Å². The second-order valence-electron chi connectivity index (χ2n) is 8.39. The predicted molar refractivity (Wildman–Crippen MR) is 108 cm³/mol. The summed E-state index contributed by atoms with van der Waals surface area (Å²) in [6.45, 7) is 7.50. The number of nitrogens with one attached hydrogen (secondary N) is 1. The van der Waals surface area contributed by atoms with Gasteiger partial charge in [0.05, 0.1) is 0 Å². The Morgan fingerprint density at radius 3 is 2.63 bits per heavy atom. The summed E-state index contributed by atoms with van der Waals surface area (Å²) >= 11 is 0. The number of likely N-dealkylation sites (tertiary alicyclic amines) is 2. The van der Waals surface area contributed by atoms with Crippen molar-refractivity contribution in [3.63, 3.8) is 0 Å². The van der Waals surface area contributed by atoms with E-state index in [9.17, 15) is 9.59 Å². The Morgan fingerprint density at radius 2 is 1.96 bits per heavy atom. The normalized spacial score (nSPS) is 22.9. The molecule has 5 nitrogen and oxygen atoms in total. The van der Waals surface area contributed by atoms with Crippen LogP contribution in [0.15, 0.2) is 24.3 Å². The SMILES string of the molecule is CNCCN1C(=O)CC[C@H]2CN(C(=O)c3ccc(CC(C)C)cc3)CC[C@H]21. The number of nitrogens with zero attached hydrogens (tertiary/aromatic N) is 2. The molecule has 0 bridgehead atoms. The quantitative estimate of drug-likeness (QED) is 0.836. The maximum Gasteiger partial charge on any atom is 0.253 e. The zero-order valence-electron chi connectivity index (χ0n) is 16.9. The van der Waals surface area contributed by atoms with Gasteiger partial charge in [0, 0.05) is 44.2 Å². The van der Waals surface area contributed by atoms with E-state index >= 15 is 0 Å². The third-order valence-corrected chi connectivity index (χ3v) is 5.88. The van der Waals surface area contributed by atoms with Crippen LogP contribution < -0.4 is 5.32 Å². The van der Waals surface area contributed by atoms with Crippen LogP contribution in [0.2, 0.25) is 0 Å². The zero-order valence-corrected chi connectivity index (χ0v) is 16.9. The summed E-state index contributed by atoms with van der Waals surface area (Å²) in [5.41, 5.74) is 2.06. The fourth-order valence-electron chi connectivity index (χ4n) is 4.50. The van der Waals surface area contributed by atoms with Gasteiger partial charge >= 0.3 is 0 Å². The van der Waals surface area contributed by atoms with Gasteiger partial charge in [-0.3, -0.25) is 9.59 Å². The van der Waals surface area contributed by atoms with Gasteiger partial charge in [0.1, 0.15) is 0 Å². The first-order valence-corrected chi connectivity index (χ1v) is 10.3. The molecule has 0 unspecified atom stereocenters. The van der Waals surface area contributed by atoms with Gasteiger partial charge in [0.15, 0.2) is 0 Å². The van der Waals surface area contributed by atoms with Crippen molar-refractivity contribution in [3.05, 3.63) is 35.4 Å². The summed E-state index contributed by atoms with van der Waals surface area (Å²) in [6, 6.07) is 8.39. The van der Waals surface area contributed by atoms with E-state index in [2.05, 4.69) is 31.3 Å². The fourth-order valence-corrected chi connectivity index (χ4v) is 4.50. The molecule has 0 spiro atoms. The molecule has 2 aliphatic heterocycles. The van der Waals surface area contributed by atoms with Gasteiger partial charge in [-0.1, -0.05) is 26.0 Å². The van der Waals surface area contributed by atoms with E-state index in [0.29, 0.717) is 18.3 Å². The minimum atomic E-state index is 0.128. The number of carbonyl (C=O) groups excluding carboxylic acids is 2. The van der Waals surface area contributed by atoms with E-state index in [4.69, 9.17) is 0 Å². The lowest BCUT2D eigenvalue weighted by molar-refractivity contribution is -0.140. The summed E-state index contributed by atoms with van der Waals surface area (Å²) in [6.07, 6.45) is 3.43. The molecular formula is C22H33N3O2. The molecule has 2 heterocycles. The molecule has 2 amide bonds. The summed E-state index contributed by atoms with van der Waals surface area (Å²) in [7, 11) is 1.92. The van der Waals surface area contributed by atoms with Gasteiger partial charge in [-0.2, -0.15) is 0 Å². The highest BCUT2D eigenvalue weighted by Crippen LogP contribution is 2.31. The molecule has 148 valence electrons. The van der Waals surface area contributed by atoms with E-state index in [1.807, 2.05) is 29.0 Å². The predicted octanol–water partition coefficient (Wildman–Crippen LogP) is 2.56. The number of fused-ring (bicyclic) bond motifs is 1. The van der Waals surface area contributed by atoms with E-state index in [0.717, 1.165) is 51.0 Å². The Labute approximate surface area is 163 Å². The van der Waals surface area contributed by atoms with Crippen LogP contribution in [0.3, 0.4) is 0 Å². The van der Waals surface area contributed by atoms with Gasteiger partial charge in [0.2, 0.25) is 5.91 Å². The van der Waals surface area contributed by atoms with Crippen molar-refractivity contribution in [2.75, 3.05) is 33.2 Å². The van der Waals surface area contributed by atoms with Crippen LogP contribution in [0, 0.1) is 11.8 Å². The summed E-state index contributed by atoms with van der Waals surface area (Å²) in [5.74, 6) is 1.41. The molecule has 1 aromatic carbocycles. The molecule has 3 rings (SSSR count). The molecule has 5 heteroatoms. The number of hydrogen-bond acceptors (Lipinski definition) is 3. The van der Waals surface area contributed by atoms with E-state index in [1.54, 1.807) is 0 Å². The average molecular weight is 372 g/mol. The molecule has 1 N–H and O–H groups in total. The lowest BCUT2D eigenvalue weighted by Gasteiger charge is -2.47. The Bertz CT molecular complexity index is 656. The number of piperidine rings is 2. The molecule has 2 saturated heterocycles. The third-order valence-electron chi connectivity index (χ3n) is 5.88. The monoisotopic (exact) mass is 371 g/mol. The Balaban J connectivity index is 1.63. The van der Waals surface area contributed by atoms with Crippen LogP contribution in [0.1, 0.15) is 49.0 Å². The molecule has 0 saturated carbocycles. The van der Waals surface area contributed by atoms with Gasteiger partial charge in [-0.15, -0.1) is 0 Å². The third kappa shape index (κ3) is 4.70. The van der Waals surface area contributed by atoms with Crippen LogP contribution in [0.25, 0.3) is 0 Å². The molecular weight excluding hydrogens is 338 g/mol. The van der Waals surface area contributed by atoms with Crippen molar-refractivity contribution < 1.29 is 9.59 Å². The summed E-state index contributed by atoms with van der Waals surface area (Å²) in [5, 5.41) is 3.14. The van der Waals surface area contributed by atoms with Crippen molar-refractivity contribution in [2.45, 2.75) is 45.6 Å².